The number of carbonyl (C=O) groups is 9. The molecule has 1 saturated carbocycles. The van der Waals surface area contributed by atoms with Gasteiger partial charge in [-0.2, -0.15) is 0 Å². The molecule has 0 unspecified atom stereocenters. The van der Waals surface area contributed by atoms with Gasteiger partial charge in [-0.15, -0.1) is 0 Å². The summed E-state index contributed by atoms with van der Waals surface area (Å²) < 4.78 is 0. The number of Topliss-reactive ketones (excluding diaryl/α,β-unsaturated/α-hetero) is 2. The lowest BCUT2D eigenvalue weighted by atomic mass is 9.83. The Hall–Kier alpha value is -7.89. The molecule has 430 valence electrons. The van der Waals surface area contributed by atoms with Crippen LogP contribution in [0.4, 0.5) is 0 Å². The Morgan fingerprint density at radius 2 is 1.33 bits per heavy atom. The summed E-state index contributed by atoms with van der Waals surface area (Å²) in [4.78, 5) is 138. The van der Waals surface area contributed by atoms with Gasteiger partial charge >= 0.3 is 0 Å². The van der Waals surface area contributed by atoms with Gasteiger partial charge in [0.15, 0.2) is 17.7 Å². The molecule has 1 aromatic heterocycles. The number of amides is 7. The highest BCUT2D eigenvalue weighted by Crippen LogP contribution is 2.28. The Kier molecular flexibility index (Phi) is 25.2. The molecule has 24 heteroatoms. The smallest absolute Gasteiger partial charge is 0.243 e. The van der Waals surface area contributed by atoms with Crippen LogP contribution in [0.5, 0.6) is 0 Å². The maximum absolute atomic E-state index is 14.8. The van der Waals surface area contributed by atoms with Crippen molar-refractivity contribution in [1.82, 2.24) is 36.9 Å². The predicted molar refractivity (Wildman–Crippen MR) is 299 cm³/mol. The van der Waals surface area contributed by atoms with Crippen LogP contribution in [0.1, 0.15) is 114 Å². The van der Waals surface area contributed by atoms with Gasteiger partial charge in [0.2, 0.25) is 41.4 Å². The number of aromatic amines is 1. The van der Waals surface area contributed by atoms with E-state index in [-0.39, 0.29) is 133 Å². The van der Waals surface area contributed by atoms with Crippen molar-refractivity contribution in [3.63, 3.8) is 0 Å². The van der Waals surface area contributed by atoms with E-state index in [9.17, 15) is 43.2 Å². The van der Waals surface area contributed by atoms with E-state index in [0.29, 0.717) is 5.56 Å². The topological polar surface area (TPSA) is 422 Å². The second kappa shape index (κ2) is 32.1. The van der Waals surface area contributed by atoms with E-state index in [2.05, 4.69) is 46.9 Å². The number of nitrogens with one attached hydrogen (secondary N) is 7. The van der Waals surface area contributed by atoms with Crippen LogP contribution >= 0.6 is 0 Å². The highest BCUT2D eigenvalue weighted by atomic mass is 16.2. The number of para-hydroxylation sites is 1. The first-order chi connectivity index (χ1) is 37.9. The van der Waals surface area contributed by atoms with Crippen molar-refractivity contribution >= 4 is 75.7 Å². The standard InChI is InChI=1S/C55H81N15O9/c56-22-21-42-52(78)69-43(26-33-12-2-1-3-13-33)46(72)29-35(16-10-24-63-54(58)59)45(71)30-36(28-37-32-65-39-18-7-6-17-38(37)39)50(76)67-40(49(57)75)19-8-9-23-62-47(73)31-44(53(79)68-42)70-51(77)41(20-11-25-64-55(60)61)66-48(74)27-34-14-4-5-15-34/h1-3,6-7,12-13,17-18,32,34-36,40-44,65H,4-5,8-11,14-16,19-31,56H2,(H2,57,75)(H,62,73)(H,66,74)(H,67,76)(H,68,79)(H,69,78)(H,70,77)(H4,58,59,63)(H4,60,61,64)/t35-,36-,40+,41+,42+,43-,44+/m1/s1. The molecule has 1 aliphatic carbocycles. The molecule has 2 aromatic carbocycles. The fourth-order valence-electron chi connectivity index (χ4n) is 10.1. The molecule has 2 fully saturated rings. The summed E-state index contributed by atoms with van der Waals surface area (Å²) in [5.41, 5.74) is 36.3. The normalized spacial score (nSPS) is 22.1. The Bertz CT molecular complexity index is 2610. The van der Waals surface area contributed by atoms with E-state index in [1.807, 2.05) is 24.3 Å². The zero-order valence-corrected chi connectivity index (χ0v) is 45.0. The number of nitrogens with zero attached hydrogens (tertiary/aromatic N) is 2. The van der Waals surface area contributed by atoms with Crippen molar-refractivity contribution in [2.75, 3.05) is 26.2 Å². The summed E-state index contributed by atoms with van der Waals surface area (Å²) in [5.74, 6) is -8.18. The number of rotatable bonds is 20. The minimum atomic E-state index is -1.60. The zero-order chi connectivity index (χ0) is 57.3. The van der Waals surface area contributed by atoms with E-state index in [0.717, 1.165) is 42.1 Å². The molecule has 7 atom stereocenters. The first kappa shape index (κ1) is 62.0. The maximum atomic E-state index is 14.8. The van der Waals surface area contributed by atoms with Crippen LogP contribution in [0.3, 0.4) is 0 Å². The molecule has 0 spiro atoms. The summed E-state index contributed by atoms with van der Waals surface area (Å²) >= 11 is 0. The van der Waals surface area contributed by atoms with Crippen molar-refractivity contribution in [3.8, 4) is 0 Å². The molecule has 3 aromatic rings. The SMILES string of the molecule is NCC[C@@H]1NC(=O)[C@@H](NC(=O)[C@H](CCCN=C(N)N)NC(=O)CC2CCCC2)CC(=O)NCCCC[C@@H](C(N)=O)NC(=O)[C@H](Cc2c[nH]c3ccccc23)CC(=O)[C@H](CCCN=C(N)N)CC(=O)[C@@H](Cc2ccccc2)NC1=O. The molecule has 1 saturated heterocycles. The van der Waals surface area contributed by atoms with Crippen molar-refractivity contribution < 1.29 is 43.2 Å². The van der Waals surface area contributed by atoms with E-state index < -0.39 is 95.5 Å². The summed E-state index contributed by atoms with van der Waals surface area (Å²) in [6.07, 6.45) is 5.61. The molecule has 7 amide bonds. The number of carbonyl (C=O) groups excluding carboxylic acids is 9. The molecule has 5 rings (SSSR count). The highest BCUT2D eigenvalue weighted by Gasteiger charge is 2.36. The van der Waals surface area contributed by atoms with Crippen LogP contribution in [0.25, 0.3) is 10.9 Å². The predicted octanol–water partition coefficient (Wildman–Crippen LogP) is -0.260. The number of hydrogen-bond acceptors (Lipinski definition) is 12. The number of H-pyrrole nitrogens is 1. The number of aliphatic imine (C=N–C) groups is 2. The van der Waals surface area contributed by atoms with Crippen LogP contribution in [0.2, 0.25) is 0 Å². The van der Waals surface area contributed by atoms with Gasteiger partial charge in [-0.3, -0.25) is 53.1 Å². The number of benzene rings is 2. The minimum absolute atomic E-state index is 0.0282. The van der Waals surface area contributed by atoms with E-state index in [1.165, 1.54) is 0 Å². The van der Waals surface area contributed by atoms with E-state index in [1.54, 1.807) is 36.5 Å². The number of fused-ring (bicyclic) bond motifs is 1. The van der Waals surface area contributed by atoms with Crippen LogP contribution in [0.15, 0.2) is 70.8 Å². The highest BCUT2D eigenvalue weighted by molar-refractivity contribution is 5.99. The number of nitrogens with two attached hydrogens (primary N) is 6. The summed E-state index contributed by atoms with van der Waals surface area (Å²) in [6, 6.07) is 9.68. The van der Waals surface area contributed by atoms with Crippen LogP contribution in [-0.2, 0) is 56.0 Å². The van der Waals surface area contributed by atoms with Crippen molar-refractivity contribution in [3.05, 3.63) is 71.9 Å². The van der Waals surface area contributed by atoms with Gasteiger partial charge in [0.1, 0.15) is 30.0 Å². The Labute approximate surface area is 460 Å². The lowest BCUT2D eigenvalue weighted by molar-refractivity contribution is -0.136. The molecular formula is C55H81N15O9. The Balaban J connectivity index is 1.50. The molecule has 1 aliphatic heterocycles. The van der Waals surface area contributed by atoms with Crippen LogP contribution in [-0.4, -0.2) is 126 Å². The average molecular weight is 1100 g/mol. The zero-order valence-electron chi connectivity index (χ0n) is 45.0. The Morgan fingerprint density at radius 1 is 0.671 bits per heavy atom. The van der Waals surface area contributed by atoms with Gasteiger partial charge in [-0.25, -0.2) is 0 Å². The number of guanidine groups is 2. The first-order valence-electron chi connectivity index (χ1n) is 27.4. The molecule has 2 heterocycles. The van der Waals surface area contributed by atoms with Crippen LogP contribution < -0.4 is 66.3 Å². The van der Waals surface area contributed by atoms with Gasteiger partial charge in [-0.05, 0) is 107 Å². The number of aromatic nitrogens is 1. The van der Waals surface area contributed by atoms with Gasteiger partial charge in [0.25, 0.3) is 0 Å². The second-order valence-electron chi connectivity index (χ2n) is 20.6. The molecule has 0 bridgehead atoms. The maximum Gasteiger partial charge on any atom is 0.243 e. The van der Waals surface area contributed by atoms with Crippen molar-refractivity contribution in [2.45, 2.75) is 146 Å². The third-order valence-corrected chi connectivity index (χ3v) is 14.4. The number of hydrogen-bond donors (Lipinski definition) is 13. The lowest BCUT2D eigenvalue weighted by Gasteiger charge is -2.27. The third-order valence-electron chi connectivity index (χ3n) is 14.4. The average Bonchev–Trinajstić information content (AvgIpc) is 4.09. The fourth-order valence-corrected chi connectivity index (χ4v) is 10.1. The monoisotopic (exact) mass is 1100 g/mol. The number of ketones is 2. The molecule has 19 N–H and O–H groups in total. The van der Waals surface area contributed by atoms with Gasteiger partial charge in [-0.1, -0.05) is 61.4 Å². The van der Waals surface area contributed by atoms with Gasteiger partial charge < -0.3 is 71.3 Å². The molecule has 0 radical (unpaired) electrons. The van der Waals surface area contributed by atoms with Gasteiger partial charge in [0.05, 0.1) is 12.5 Å². The third kappa shape index (κ3) is 21.1. The largest absolute Gasteiger partial charge is 0.370 e. The summed E-state index contributed by atoms with van der Waals surface area (Å²) in [6.45, 7) is 0.189. The molecule has 79 heavy (non-hydrogen) atoms. The molecule has 2 aliphatic rings. The Morgan fingerprint density at radius 3 is 2.03 bits per heavy atom. The van der Waals surface area contributed by atoms with E-state index in [4.69, 9.17) is 34.4 Å². The van der Waals surface area contributed by atoms with Crippen LogP contribution in [0, 0.1) is 17.8 Å². The summed E-state index contributed by atoms with van der Waals surface area (Å²) in [7, 11) is 0. The van der Waals surface area contributed by atoms with Crippen molar-refractivity contribution in [1.29, 1.82) is 0 Å². The first-order valence-corrected chi connectivity index (χ1v) is 27.4. The molecular weight excluding hydrogens is 1010 g/mol. The fraction of sp³-hybridized carbons (Fsp3) is 0.545. The van der Waals surface area contributed by atoms with Gasteiger partial charge in [0, 0.05) is 67.8 Å². The molecule has 24 nitrogen and oxygen atoms in total. The lowest BCUT2D eigenvalue weighted by Crippen LogP contribution is -2.59. The van der Waals surface area contributed by atoms with Crippen molar-refractivity contribution in [2.24, 2.45) is 62.1 Å². The summed E-state index contributed by atoms with van der Waals surface area (Å²) in [5, 5.41) is 17.2. The van der Waals surface area contributed by atoms with E-state index >= 15 is 0 Å². The number of primary amides is 1. The quantitative estimate of drug-likeness (QED) is 0.0394. The minimum Gasteiger partial charge on any atom is -0.370 e. The second-order valence-corrected chi connectivity index (χ2v) is 20.6.